The molecule has 1 saturated heterocycles. The third kappa shape index (κ3) is 3.99. The van der Waals surface area contributed by atoms with Crippen molar-refractivity contribution in [2.75, 3.05) is 38.1 Å². The molecule has 0 amide bonds. The van der Waals surface area contributed by atoms with E-state index in [0.717, 1.165) is 43.3 Å². The first-order valence-electron chi connectivity index (χ1n) is 9.61. The number of hydrogen-bond acceptors (Lipinski definition) is 7. The number of nitrogens with zero attached hydrogens (tertiary/aromatic N) is 5. The molecule has 2 aromatic heterocycles. The minimum Gasteiger partial charge on any atom is -0.490 e. The number of rotatable bonds is 5. The molecule has 1 aliphatic heterocycles. The average molecular weight is 379 g/mol. The molecule has 0 bridgehead atoms. The van der Waals surface area contributed by atoms with Gasteiger partial charge in [-0.1, -0.05) is 23.4 Å². The first-order chi connectivity index (χ1) is 13.6. The third-order valence-electron chi connectivity index (χ3n) is 4.70. The number of hydrogen-bond donors (Lipinski definition) is 0. The second-order valence-electron chi connectivity index (χ2n) is 7.26. The molecule has 1 fully saturated rings. The van der Waals surface area contributed by atoms with Crippen LogP contribution in [0.2, 0.25) is 0 Å². The highest BCUT2D eigenvalue weighted by Crippen LogP contribution is 2.30. The number of ether oxygens (including phenoxy) is 1. The molecule has 28 heavy (non-hydrogen) atoms. The zero-order valence-corrected chi connectivity index (χ0v) is 16.5. The number of anilines is 1. The van der Waals surface area contributed by atoms with Gasteiger partial charge >= 0.3 is 0 Å². The lowest BCUT2D eigenvalue weighted by Crippen LogP contribution is -2.44. The van der Waals surface area contributed by atoms with Crippen LogP contribution < -0.4 is 9.64 Å². The topological polar surface area (TPSA) is 67.5 Å². The Morgan fingerprint density at radius 1 is 0.964 bits per heavy atom. The first kappa shape index (κ1) is 18.4. The normalized spacial score (nSPS) is 15.2. The summed E-state index contributed by atoms with van der Waals surface area (Å²) in [5.74, 6) is 2.58. The molecule has 0 saturated carbocycles. The number of aromatic nitrogens is 3. The average Bonchev–Trinajstić information content (AvgIpc) is 3.19. The van der Waals surface area contributed by atoms with Gasteiger partial charge in [-0.25, -0.2) is 4.98 Å². The van der Waals surface area contributed by atoms with E-state index in [1.54, 1.807) is 0 Å². The van der Waals surface area contributed by atoms with E-state index in [-0.39, 0.29) is 6.10 Å². The van der Waals surface area contributed by atoms with Crippen molar-refractivity contribution in [2.45, 2.75) is 20.0 Å². The molecule has 7 heteroatoms. The first-order valence-corrected chi connectivity index (χ1v) is 9.61. The Hall–Kier alpha value is -2.93. The van der Waals surface area contributed by atoms with Gasteiger partial charge in [-0.3, -0.25) is 0 Å². The maximum atomic E-state index is 5.87. The second-order valence-corrected chi connectivity index (χ2v) is 7.26. The number of piperazine rings is 1. The number of para-hydroxylation sites is 1. The van der Waals surface area contributed by atoms with Gasteiger partial charge < -0.3 is 19.1 Å². The summed E-state index contributed by atoms with van der Waals surface area (Å²) in [5, 5.41) is 4.15. The van der Waals surface area contributed by atoms with Crippen LogP contribution in [0.25, 0.3) is 23.0 Å². The van der Waals surface area contributed by atoms with Crippen LogP contribution in [0.1, 0.15) is 13.8 Å². The van der Waals surface area contributed by atoms with Gasteiger partial charge in [0.25, 0.3) is 5.89 Å². The number of benzene rings is 1. The highest BCUT2D eigenvalue weighted by Gasteiger charge is 2.19. The fourth-order valence-corrected chi connectivity index (χ4v) is 3.20. The molecular weight excluding hydrogens is 354 g/mol. The van der Waals surface area contributed by atoms with Gasteiger partial charge in [0.15, 0.2) is 0 Å². The maximum Gasteiger partial charge on any atom is 0.262 e. The standard InChI is InChI=1S/C21H25N5O2/c1-15(2)27-18-9-5-4-7-16(18)21-23-20(24-28-21)17-8-6-10-19(22-17)26-13-11-25(3)12-14-26/h4-10,15H,11-14H2,1-3H3. The van der Waals surface area contributed by atoms with Crippen LogP contribution in [0.15, 0.2) is 47.0 Å². The van der Waals surface area contributed by atoms with Gasteiger partial charge in [0.2, 0.25) is 5.82 Å². The van der Waals surface area contributed by atoms with Crippen molar-refractivity contribution in [3.63, 3.8) is 0 Å². The van der Waals surface area contributed by atoms with Crippen LogP contribution in [0.5, 0.6) is 5.75 Å². The molecule has 0 unspecified atom stereocenters. The number of pyridine rings is 1. The van der Waals surface area contributed by atoms with Crippen LogP contribution in [0.3, 0.4) is 0 Å². The summed E-state index contributed by atoms with van der Waals surface area (Å²) in [6, 6.07) is 13.6. The van der Waals surface area contributed by atoms with Crippen molar-refractivity contribution in [3.8, 4) is 28.7 Å². The largest absolute Gasteiger partial charge is 0.490 e. The van der Waals surface area contributed by atoms with E-state index in [1.807, 2.05) is 56.3 Å². The Balaban J connectivity index is 1.59. The zero-order valence-electron chi connectivity index (χ0n) is 16.5. The van der Waals surface area contributed by atoms with Crippen molar-refractivity contribution in [1.29, 1.82) is 0 Å². The molecule has 0 N–H and O–H groups in total. The molecule has 0 spiro atoms. The smallest absolute Gasteiger partial charge is 0.262 e. The molecule has 1 aromatic carbocycles. The predicted molar refractivity (Wildman–Crippen MR) is 108 cm³/mol. The van der Waals surface area contributed by atoms with Crippen LogP contribution in [0, 0.1) is 0 Å². The summed E-state index contributed by atoms with van der Waals surface area (Å²) in [5.41, 5.74) is 1.49. The van der Waals surface area contributed by atoms with E-state index >= 15 is 0 Å². The lowest BCUT2D eigenvalue weighted by atomic mass is 10.2. The van der Waals surface area contributed by atoms with E-state index < -0.39 is 0 Å². The quantitative estimate of drug-likeness (QED) is 0.673. The second kappa shape index (κ2) is 7.98. The zero-order chi connectivity index (χ0) is 19.5. The minimum atomic E-state index is 0.0606. The van der Waals surface area contributed by atoms with E-state index in [0.29, 0.717) is 17.4 Å². The molecule has 1 aliphatic rings. The molecule has 146 valence electrons. The van der Waals surface area contributed by atoms with E-state index in [9.17, 15) is 0 Å². The lowest BCUT2D eigenvalue weighted by Gasteiger charge is -2.33. The molecule has 3 heterocycles. The van der Waals surface area contributed by atoms with Crippen LogP contribution in [0.4, 0.5) is 5.82 Å². The Morgan fingerprint density at radius 2 is 1.75 bits per heavy atom. The Morgan fingerprint density at radius 3 is 2.54 bits per heavy atom. The van der Waals surface area contributed by atoms with Crippen molar-refractivity contribution in [1.82, 2.24) is 20.0 Å². The van der Waals surface area contributed by atoms with Gasteiger partial charge in [-0.2, -0.15) is 4.98 Å². The van der Waals surface area contributed by atoms with E-state index in [4.69, 9.17) is 14.2 Å². The lowest BCUT2D eigenvalue weighted by molar-refractivity contribution is 0.242. The van der Waals surface area contributed by atoms with Gasteiger partial charge in [0, 0.05) is 26.2 Å². The molecule has 0 radical (unpaired) electrons. The molecular formula is C21H25N5O2. The van der Waals surface area contributed by atoms with Crippen molar-refractivity contribution in [2.24, 2.45) is 0 Å². The molecule has 3 aromatic rings. The molecule has 0 aliphatic carbocycles. The van der Waals surface area contributed by atoms with Crippen molar-refractivity contribution >= 4 is 5.82 Å². The summed E-state index contributed by atoms with van der Waals surface area (Å²) in [7, 11) is 2.14. The van der Waals surface area contributed by atoms with Gasteiger partial charge in [-0.05, 0) is 45.2 Å². The van der Waals surface area contributed by atoms with Gasteiger partial charge in [0.05, 0.1) is 11.7 Å². The highest BCUT2D eigenvalue weighted by molar-refractivity contribution is 5.64. The summed E-state index contributed by atoms with van der Waals surface area (Å²) in [6.45, 7) is 7.97. The highest BCUT2D eigenvalue weighted by atomic mass is 16.5. The Labute approximate surface area is 164 Å². The third-order valence-corrected chi connectivity index (χ3v) is 4.70. The Bertz CT molecular complexity index is 932. The van der Waals surface area contributed by atoms with Crippen LogP contribution in [-0.2, 0) is 0 Å². The fourth-order valence-electron chi connectivity index (χ4n) is 3.20. The summed E-state index contributed by atoms with van der Waals surface area (Å²) in [4.78, 5) is 13.9. The van der Waals surface area contributed by atoms with Crippen molar-refractivity contribution in [3.05, 3.63) is 42.5 Å². The van der Waals surface area contributed by atoms with E-state index in [2.05, 4.69) is 27.0 Å². The van der Waals surface area contributed by atoms with Gasteiger partial charge in [0.1, 0.15) is 17.3 Å². The van der Waals surface area contributed by atoms with Crippen LogP contribution in [-0.4, -0.2) is 59.4 Å². The van der Waals surface area contributed by atoms with E-state index in [1.165, 1.54) is 0 Å². The Kier molecular flexibility index (Phi) is 5.25. The van der Waals surface area contributed by atoms with Gasteiger partial charge in [-0.15, -0.1) is 0 Å². The molecule has 4 rings (SSSR count). The number of likely N-dealkylation sites (N-methyl/N-ethyl adjacent to an activating group) is 1. The van der Waals surface area contributed by atoms with Crippen molar-refractivity contribution < 1.29 is 9.26 Å². The maximum absolute atomic E-state index is 5.87. The summed E-state index contributed by atoms with van der Waals surface area (Å²) >= 11 is 0. The molecule has 0 atom stereocenters. The molecule has 7 nitrogen and oxygen atoms in total. The van der Waals surface area contributed by atoms with Crippen LogP contribution >= 0.6 is 0 Å². The summed E-state index contributed by atoms with van der Waals surface area (Å²) in [6.07, 6.45) is 0.0606. The predicted octanol–water partition coefficient (Wildman–Crippen LogP) is 3.34. The SMILES string of the molecule is CC(C)Oc1ccccc1-c1nc(-c2cccc(N3CCN(C)CC3)n2)no1. The minimum absolute atomic E-state index is 0.0606. The summed E-state index contributed by atoms with van der Waals surface area (Å²) < 4.78 is 11.4. The monoisotopic (exact) mass is 379 g/mol. The fraction of sp³-hybridized carbons (Fsp3) is 0.381.